The number of hydrogen-bond acceptors (Lipinski definition) is 4. The zero-order valence-corrected chi connectivity index (χ0v) is 22.6. The molecule has 1 heterocycles. The van der Waals surface area contributed by atoms with Gasteiger partial charge in [-0.3, -0.25) is 9.59 Å². The maximum Gasteiger partial charge on any atom is 0.254 e. The summed E-state index contributed by atoms with van der Waals surface area (Å²) in [6, 6.07) is 17.8. The van der Waals surface area contributed by atoms with Crippen LogP contribution in [-0.2, 0) is 29.0 Å². The maximum atomic E-state index is 13.5. The van der Waals surface area contributed by atoms with E-state index in [1.54, 1.807) is 40.4 Å². The van der Waals surface area contributed by atoms with Crippen LogP contribution in [0.3, 0.4) is 0 Å². The molecule has 0 fully saturated rings. The first-order chi connectivity index (χ1) is 18.0. The van der Waals surface area contributed by atoms with Crippen LogP contribution in [0.5, 0.6) is 0 Å². The van der Waals surface area contributed by atoms with Crippen LogP contribution in [0.1, 0.15) is 59.0 Å². The highest BCUT2D eigenvalue weighted by molar-refractivity contribution is 7.09. The molecule has 0 bridgehead atoms. The van der Waals surface area contributed by atoms with Gasteiger partial charge in [0.05, 0.1) is 13.2 Å². The van der Waals surface area contributed by atoms with Gasteiger partial charge in [-0.1, -0.05) is 56.5 Å². The number of halogens is 1. The second kappa shape index (κ2) is 15.3. The first-order valence-electron chi connectivity index (χ1n) is 12.9. The smallest absolute Gasteiger partial charge is 0.254 e. The minimum atomic E-state index is -0.316. The van der Waals surface area contributed by atoms with Gasteiger partial charge in [-0.2, -0.15) is 0 Å². The summed E-state index contributed by atoms with van der Waals surface area (Å²) in [6.45, 7) is 3.53. The van der Waals surface area contributed by atoms with Crippen molar-refractivity contribution < 1.29 is 18.7 Å². The van der Waals surface area contributed by atoms with E-state index >= 15 is 0 Å². The predicted molar refractivity (Wildman–Crippen MR) is 147 cm³/mol. The Balaban J connectivity index is 1.71. The lowest BCUT2D eigenvalue weighted by Crippen LogP contribution is -2.43. The number of methoxy groups -OCH3 is 1. The summed E-state index contributed by atoms with van der Waals surface area (Å²) in [5.74, 6) is -0.682. The number of unbranched alkanes of at least 4 members (excludes halogenated alkanes) is 3. The molecule has 0 aliphatic heterocycles. The minimum absolute atomic E-state index is 0.0620. The first-order valence-corrected chi connectivity index (χ1v) is 13.8. The molecule has 0 saturated carbocycles. The SMILES string of the molecule is CCCCCCc1ccc(C(=O)N(CCOC)CC(=O)N(Cc2ccc(F)cc2)Cc2cccs2)cc1. The highest BCUT2D eigenvalue weighted by Gasteiger charge is 2.23. The molecule has 1 aromatic heterocycles. The van der Waals surface area contributed by atoms with Crippen molar-refractivity contribution in [2.24, 2.45) is 0 Å². The van der Waals surface area contributed by atoms with E-state index in [0.717, 1.165) is 23.3 Å². The van der Waals surface area contributed by atoms with Crippen LogP contribution in [0.2, 0.25) is 0 Å². The van der Waals surface area contributed by atoms with Crippen LogP contribution in [-0.4, -0.2) is 48.4 Å². The molecule has 3 rings (SSSR count). The van der Waals surface area contributed by atoms with Crippen LogP contribution in [0.4, 0.5) is 4.39 Å². The topological polar surface area (TPSA) is 49.9 Å². The summed E-state index contributed by atoms with van der Waals surface area (Å²) in [6.07, 6.45) is 5.80. The lowest BCUT2D eigenvalue weighted by Gasteiger charge is -2.27. The summed E-state index contributed by atoms with van der Waals surface area (Å²) in [7, 11) is 1.58. The number of ether oxygens (including phenoxy) is 1. The number of aryl methyl sites for hydroxylation is 1. The molecule has 0 atom stereocenters. The third kappa shape index (κ3) is 9.41. The molecule has 0 aliphatic carbocycles. The molecule has 0 radical (unpaired) electrons. The van der Waals surface area contributed by atoms with Crippen LogP contribution in [0, 0.1) is 5.82 Å². The molecule has 0 aliphatic rings. The number of carbonyl (C=O) groups excluding carboxylic acids is 2. The van der Waals surface area contributed by atoms with E-state index in [9.17, 15) is 14.0 Å². The molecule has 3 aromatic rings. The van der Waals surface area contributed by atoms with Crippen molar-refractivity contribution in [1.82, 2.24) is 9.80 Å². The van der Waals surface area contributed by atoms with Crippen molar-refractivity contribution >= 4 is 23.2 Å². The van der Waals surface area contributed by atoms with Gasteiger partial charge in [-0.15, -0.1) is 11.3 Å². The number of hydrogen-bond donors (Lipinski definition) is 0. The molecule has 2 aromatic carbocycles. The molecule has 0 saturated heterocycles. The highest BCUT2D eigenvalue weighted by Crippen LogP contribution is 2.17. The Labute approximate surface area is 223 Å². The largest absolute Gasteiger partial charge is 0.383 e. The molecule has 0 spiro atoms. The number of benzene rings is 2. The summed E-state index contributed by atoms with van der Waals surface area (Å²) in [5, 5.41) is 1.97. The fourth-order valence-corrected chi connectivity index (χ4v) is 4.82. The number of rotatable bonds is 15. The predicted octanol–water partition coefficient (Wildman–Crippen LogP) is 6.33. The van der Waals surface area contributed by atoms with Crippen LogP contribution < -0.4 is 0 Å². The van der Waals surface area contributed by atoms with Gasteiger partial charge in [-0.25, -0.2) is 4.39 Å². The van der Waals surface area contributed by atoms with Crippen LogP contribution >= 0.6 is 11.3 Å². The molecular weight excluding hydrogens is 487 g/mol. The molecule has 0 unspecified atom stereocenters. The molecule has 0 N–H and O–H groups in total. The second-order valence-corrected chi connectivity index (χ2v) is 10.2. The van der Waals surface area contributed by atoms with Crippen molar-refractivity contribution in [3.8, 4) is 0 Å². The molecule has 198 valence electrons. The molecule has 5 nitrogen and oxygen atoms in total. The van der Waals surface area contributed by atoms with Crippen LogP contribution in [0.25, 0.3) is 0 Å². The standard InChI is InChI=1S/C30H37FN2O3S/c1-3-4-5-6-8-24-10-14-26(15-11-24)30(35)32(18-19-36-2)23-29(34)33(22-28-9-7-20-37-28)21-25-12-16-27(31)17-13-25/h7,9-17,20H,3-6,8,18-19,21-23H2,1-2H3. The molecule has 2 amide bonds. The Hall–Kier alpha value is -3.03. The van der Waals surface area contributed by atoms with E-state index < -0.39 is 0 Å². The molecule has 7 heteroatoms. The van der Waals surface area contributed by atoms with Gasteiger partial charge < -0.3 is 14.5 Å². The third-order valence-electron chi connectivity index (χ3n) is 6.26. The van der Waals surface area contributed by atoms with Gasteiger partial charge in [0.25, 0.3) is 5.91 Å². The maximum absolute atomic E-state index is 13.5. The lowest BCUT2D eigenvalue weighted by molar-refractivity contribution is -0.133. The van der Waals surface area contributed by atoms with E-state index in [1.807, 2.05) is 41.8 Å². The first kappa shape index (κ1) is 28.5. The Morgan fingerprint density at radius 2 is 1.62 bits per heavy atom. The average molecular weight is 525 g/mol. The summed E-state index contributed by atoms with van der Waals surface area (Å²) in [4.78, 5) is 31.2. The van der Waals surface area contributed by atoms with Crippen LogP contribution in [0.15, 0.2) is 66.0 Å². The van der Waals surface area contributed by atoms with E-state index in [1.165, 1.54) is 37.0 Å². The van der Waals surface area contributed by atoms with Crippen molar-refractivity contribution in [2.45, 2.75) is 52.1 Å². The number of carbonyl (C=O) groups is 2. The minimum Gasteiger partial charge on any atom is -0.383 e. The van der Waals surface area contributed by atoms with Gasteiger partial charge in [-0.05, 0) is 59.7 Å². The summed E-state index contributed by atoms with van der Waals surface area (Å²) in [5.41, 5.74) is 2.61. The molecule has 37 heavy (non-hydrogen) atoms. The van der Waals surface area contributed by atoms with Crippen molar-refractivity contribution in [2.75, 3.05) is 26.8 Å². The fraction of sp³-hybridized carbons (Fsp3) is 0.400. The Morgan fingerprint density at radius 1 is 0.892 bits per heavy atom. The zero-order valence-electron chi connectivity index (χ0n) is 21.8. The van der Waals surface area contributed by atoms with Gasteiger partial charge in [0.15, 0.2) is 0 Å². The quantitative estimate of drug-likeness (QED) is 0.218. The monoisotopic (exact) mass is 524 g/mol. The summed E-state index contributed by atoms with van der Waals surface area (Å²) >= 11 is 1.57. The summed E-state index contributed by atoms with van der Waals surface area (Å²) < 4.78 is 18.6. The van der Waals surface area contributed by atoms with Crippen molar-refractivity contribution in [1.29, 1.82) is 0 Å². The fourth-order valence-electron chi connectivity index (χ4n) is 4.10. The van der Waals surface area contributed by atoms with Gasteiger partial charge in [0, 0.05) is 30.6 Å². The van der Waals surface area contributed by atoms with E-state index in [4.69, 9.17) is 4.74 Å². The normalized spacial score (nSPS) is 10.9. The zero-order chi connectivity index (χ0) is 26.5. The average Bonchev–Trinajstić information content (AvgIpc) is 3.43. The number of nitrogens with zero attached hydrogens (tertiary/aromatic N) is 2. The van der Waals surface area contributed by atoms with E-state index in [2.05, 4.69) is 6.92 Å². The number of amides is 2. The van der Waals surface area contributed by atoms with Gasteiger partial charge >= 0.3 is 0 Å². The van der Waals surface area contributed by atoms with E-state index in [0.29, 0.717) is 31.8 Å². The van der Waals surface area contributed by atoms with Crippen molar-refractivity contribution in [3.05, 3.63) is 93.4 Å². The number of thiophene rings is 1. The Bertz CT molecular complexity index is 1090. The van der Waals surface area contributed by atoms with Crippen molar-refractivity contribution in [3.63, 3.8) is 0 Å². The highest BCUT2D eigenvalue weighted by atomic mass is 32.1. The second-order valence-electron chi connectivity index (χ2n) is 9.18. The Kier molecular flexibility index (Phi) is 11.8. The van der Waals surface area contributed by atoms with E-state index in [-0.39, 0.29) is 24.2 Å². The molecular formula is C30H37FN2O3S. The Morgan fingerprint density at radius 3 is 2.27 bits per heavy atom. The van der Waals surface area contributed by atoms with Gasteiger partial charge in [0.2, 0.25) is 5.91 Å². The van der Waals surface area contributed by atoms with Gasteiger partial charge in [0.1, 0.15) is 12.4 Å². The third-order valence-corrected chi connectivity index (χ3v) is 7.13. The lowest BCUT2D eigenvalue weighted by atomic mass is 10.0.